The average molecular weight is 250 g/mol. The highest BCUT2D eigenvalue weighted by Crippen LogP contribution is 2.12. The summed E-state index contributed by atoms with van der Waals surface area (Å²) >= 11 is 0. The Morgan fingerprint density at radius 1 is 1.06 bits per heavy atom. The molecule has 102 valence electrons. The molecule has 3 heteroatoms. The number of pyridine rings is 1. The molecule has 0 amide bonds. The summed E-state index contributed by atoms with van der Waals surface area (Å²) in [7, 11) is 0. The number of rotatable bonds is 10. The van der Waals surface area contributed by atoms with Gasteiger partial charge in [0.1, 0.15) is 5.82 Å². The molecule has 0 bridgehead atoms. The van der Waals surface area contributed by atoms with E-state index in [0.29, 0.717) is 0 Å². The van der Waals surface area contributed by atoms with Crippen molar-refractivity contribution in [3.8, 4) is 5.88 Å². The van der Waals surface area contributed by atoms with Crippen LogP contribution in [0.15, 0.2) is 18.2 Å². The quantitative estimate of drug-likeness (QED) is 0.630. The third-order valence-electron chi connectivity index (χ3n) is 2.78. The summed E-state index contributed by atoms with van der Waals surface area (Å²) in [5.74, 6) is 1.63. The van der Waals surface area contributed by atoms with E-state index in [1.54, 1.807) is 0 Å². The minimum Gasteiger partial charge on any atom is -0.478 e. The molecule has 1 aromatic heterocycles. The fourth-order valence-electron chi connectivity index (χ4n) is 1.73. The van der Waals surface area contributed by atoms with Gasteiger partial charge in [-0.1, -0.05) is 45.6 Å². The van der Waals surface area contributed by atoms with Crippen molar-refractivity contribution in [3.63, 3.8) is 0 Å². The normalized spacial score (nSPS) is 10.3. The van der Waals surface area contributed by atoms with Crippen LogP contribution < -0.4 is 10.1 Å². The Balaban J connectivity index is 2.20. The van der Waals surface area contributed by atoms with Crippen molar-refractivity contribution in [2.45, 2.75) is 52.4 Å². The van der Waals surface area contributed by atoms with Gasteiger partial charge in [0.05, 0.1) is 6.61 Å². The minimum absolute atomic E-state index is 0.728. The van der Waals surface area contributed by atoms with Crippen LogP contribution in [0.25, 0.3) is 0 Å². The Morgan fingerprint density at radius 2 is 1.89 bits per heavy atom. The smallest absolute Gasteiger partial charge is 0.215 e. The van der Waals surface area contributed by atoms with Crippen LogP contribution in [0, 0.1) is 0 Å². The van der Waals surface area contributed by atoms with Gasteiger partial charge < -0.3 is 10.1 Å². The number of unbranched alkanes of at least 4 members (excludes halogenated alkanes) is 4. The van der Waals surface area contributed by atoms with Gasteiger partial charge in [0, 0.05) is 12.6 Å². The molecule has 1 N–H and O–H groups in total. The third kappa shape index (κ3) is 6.48. The van der Waals surface area contributed by atoms with Gasteiger partial charge in [0.25, 0.3) is 0 Å². The summed E-state index contributed by atoms with van der Waals surface area (Å²) in [6.45, 7) is 6.10. The molecule has 3 nitrogen and oxygen atoms in total. The topological polar surface area (TPSA) is 34.1 Å². The van der Waals surface area contributed by atoms with Crippen molar-refractivity contribution in [1.82, 2.24) is 4.98 Å². The molecule has 1 aromatic rings. The van der Waals surface area contributed by atoms with Crippen molar-refractivity contribution in [2.75, 3.05) is 18.5 Å². The van der Waals surface area contributed by atoms with E-state index in [1.165, 1.54) is 25.7 Å². The highest BCUT2D eigenvalue weighted by molar-refractivity contribution is 5.36. The maximum atomic E-state index is 5.66. The Morgan fingerprint density at radius 3 is 2.67 bits per heavy atom. The fourth-order valence-corrected chi connectivity index (χ4v) is 1.73. The van der Waals surface area contributed by atoms with Crippen molar-refractivity contribution in [1.29, 1.82) is 0 Å². The predicted molar refractivity (Wildman–Crippen MR) is 77.3 cm³/mol. The molecule has 0 unspecified atom stereocenters. The molecule has 0 aliphatic rings. The molecule has 1 rings (SSSR count). The molecule has 0 saturated carbocycles. The number of nitrogens with one attached hydrogen (secondary N) is 1. The van der Waals surface area contributed by atoms with Gasteiger partial charge in [-0.3, -0.25) is 0 Å². The zero-order valence-electron chi connectivity index (χ0n) is 11.7. The molecule has 18 heavy (non-hydrogen) atoms. The number of ether oxygens (including phenoxy) is 1. The van der Waals surface area contributed by atoms with Crippen LogP contribution in [0.2, 0.25) is 0 Å². The average Bonchev–Trinajstić information content (AvgIpc) is 2.41. The van der Waals surface area contributed by atoms with E-state index in [4.69, 9.17) is 4.74 Å². The number of aromatic nitrogens is 1. The number of anilines is 1. The van der Waals surface area contributed by atoms with E-state index in [0.717, 1.165) is 37.7 Å². The maximum absolute atomic E-state index is 5.66. The number of hydrogen-bond acceptors (Lipinski definition) is 3. The number of nitrogens with zero attached hydrogens (tertiary/aromatic N) is 1. The molecular formula is C15H26N2O. The van der Waals surface area contributed by atoms with Crippen molar-refractivity contribution >= 4 is 5.82 Å². The first-order chi connectivity index (χ1) is 8.86. The van der Waals surface area contributed by atoms with Gasteiger partial charge in [-0.05, 0) is 18.9 Å². The van der Waals surface area contributed by atoms with Gasteiger partial charge >= 0.3 is 0 Å². The van der Waals surface area contributed by atoms with Crippen LogP contribution in [-0.2, 0) is 0 Å². The summed E-state index contributed by atoms with van der Waals surface area (Å²) < 4.78 is 5.66. The second-order valence-electron chi connectivity index (χ2n) is 4.55. The first-order valence-corrected chi connectivity index (χ1v) is 7.20. The molecule has 0 aromatic carbocycles. The molecule has 0 aliphatic carbocycles. The summed E-state index contributed by atoms with van der Waals surface area (Å²) in [5, 5.41) is 3.26. The van der Waals surface area contributed by atoms with Crippen LogP contribution in [0.1, 0.15) is 52.4 Å². The van der Waals surface area contributed by atoms with Gasteiger partial charge in [-0.2, -0.15) is 4.98 Å². The van der Waals surface area contributed by atoms with Gasteiger partial charge in [-0.25, -0.2) is 0 Å². The van der Waals surface area contributed by atoms with E-state index < -0.39 is 0 Å². The van der Waals surface area contributed by atoms with E-state index in [-0.39, 0.29) is 0 Å². The number of hydrogen-bond donors (Lipinski definition) is 1. The highest BCUT2D eigenvalue weighted by Gasteiger charge is 1.98. The first-order valence-electron chi connectivity index (χ1n) is 7.20. The van der Waals surface area contributed by atoms with Crippen molar-refractivity contribution in [3.05, 3.63) is 18.2 Å². The summed E-state index contributed by atoms with van der Waals surface area (Å²) in [6.07, 6.45) is 7.40. The van der Waals surface area contributed by atoms with Crippen LogP contribution in [-0.4, -0.2) is 18.1 Å². The molecule has 0 saturated heterocycles. The van der Waals surface area contributed by atoms with Crippen LogP contribution >= 0.6 is 0 Å². The highest BCUT2D eigenvalue weighted by atomic mass is 16.5. The van der Waals surface area contributed by atoms with E-state index in [9.17, 15) is 0 Å². The standard InChI is InChI=1S/C15H26N2O/c1-3-5-6-7-8-13-18-15-11-9-10-14(17-15)16-12-4-2/h9-11H,3-8,12-13H2,1-2H3,(H,16,17). The summed E-state index contributed by atoms with van der Waals surface area (Å²) in [4.78, 5) is 4.41. The Hall–Kier alpha value is -1.25. The molecule has 0 spiro atoms. The largest absolute Gasteiger partial charge is 0.478 e. The maximum Gasteiger partial charge on any atom is 0.215 e. The van der Waals surface area contributed by atoms with E-state index >= 15 is 0 Å². The van der Waals surface area contributed by atoms with Crippen LogP contribution in [0.5, 0.6) is 5.88 Å². The van der Waals surface area contributed by atoms with Gasteiger partial charge in [-0.15, -0.1) is 0 Å². The Bertz CT molecular complexity index is 315. The molecule has 0 fully saturated rings. The van der Waals surface area contributed by atoms with Crippen molar-refractivity contribution < 1.29 is 4.74 Å². The third-order valence-corrected chi connectivity index (χ3v) is 2.78. The Labute approximate surface area is 111 Å². The van der Waals surface area contributed by atoms with Gasteiger partial charge in [0.2, 0.25) is 5.88 Å². The minimum atomic E-state index is 0.728. The zero-order valence-corrected chi connectivity index (χ0v) is 11.7. The SMILES string of the molecule is CCCCCCCOc1cccc(NCCC)n1. The monoisotopic (exact) mass is 250 g/mol. The summed E-state index contributed by atoms with van der Waals surface area (Å²) in [5.41, 5.74) is 0. The molecule has 1 heterocycles. The predicted octanol–water partition coefficient (Wildman–Crippen LogP) is 4.25. The summed E-state index contributed by atoms with van der Waals surface area (Å²) in [6, 6.07) is 5.88. The fraction of sp³-hybridized carbons (Fsp3) is 0.667. The van der Waals surface area contributed by atoms with Crippen LogP contribution in [0.4, 0.5) is 5.82 Å². The van der Waals surface area contributed by atoms with E-state index in [1.807, 2.05) is 18.2 Å². The molecule has 0 atom stereocenters. The molecular weight excluding hydrogens is 224 g/mol. The van der Waals surface area contributed by atoms with E-state index in [2.05, 4.69) is 24.1 Å². The van der Waals surface area contributed by atoms with Gasteiger partial charge in [0.15, 0.2) is 0 Å². The van der Waals surface area contributed by atoms with Crippen LogP contribution in [0.3, 0.4) is 0 Å². The zero-order chi connectivity index (χ0) is 13.1. The lowest BCUT2D eigenvalue weighted by molar-refractivity contribution is 0.294. The lowest BCUT2D eigenvalue weighted by atomic mass is 10.2. The Kier molecular flexibility index (Phi) is 8.02. The molecule has 0 aliphatic heterocycles. The second kappa shape index (κ2) is 9.75. The lowest BCUT2D eigenvalue weighted by Gasteiger charge is -2.08. The molecule has 0 radical (unpaired) electrons. The van der Waals surface area contributed by atoms with Crippen molar-refractivity contribution in [2.24, 2.45) is 0 Å². The lowest BCUT2D eigenvalue weighted by Crippen LogP contribution is -2.04. The first kappa shape index (κ1) is 14.8. The second-order valence-corrected chi connectivity index (χ2v) is 4.55.